The predicted molar refractivity (Wildman–Crippen MR) is 67.5 cm³/mol. The molecule has 21 heavy (non-hydrogen) atoms. The normalized spacial score (nSPS) is 11.3. The lowest BCUT2D eigenvalue weighted by atomic mass is 10.1. The molecule has 5 nitrogen and oxygen atoms in total. The third-order valence-electron chi connectivity index (χ3n) is 2.96. The fourth-order valence-corrected chi connectivity index (χ4v) is 2.08. The molecule has 1 heterocycles. The van der Waals surface area contributed by atoms with Crippen molar-refractivity contribution in [1.29, 1.82) is 0 Å². The van der Waals surface area contributed by atoms with Crippen molar-refractivity contribution in [1.82, 2.24) is 0 Å². The van der Waals surface area contributed by atoms with E-state index in [4.69, 9.17) is 23.1 Å². The Labute approximate surface area is 123 Å². The quantitative estimate of drug-likeness (QED) is 0.452. The maximum absolute atomic E-state index is 8.49. The number of hydrogen-bond donors (Lipinski definition) is 0. The molecule has 0 N–H and O–H groups in total. The van der Waals surface area contributed by atoms with Crippen LogP contribution in [0.15, 0.2) is 52.9 Å². The molecule has 2 aromatic carbocycles. The van der Waals surface area contributed by atoms with Crippen LogP contribution in [0.3, 0.4) is 0 Å². The van der Waals surface area contributed by atoms with Gasteiger partial charge >= 0.3 is 11.3 Å². The van der Waals surface area contributed by atoms with Gasteiger partial charge in [-0.05, 0) is 22.9 Å². The molecule has 0 radical (unpaired) electrons. The minimum absolute atomic E-state index is 0.933. The molecule has 0 spiro atoms. The fourth-order valence-electron chi connectivity index (χ4n) is 2.08. The number of halogens is 1. The van der Waals surface area contributed by atoms with Crippen molar-refractivity contribution >= 4 is 21.7 Å². The molecule has 1 aromatic heterocycles. The minimum Gasteiger partial charge on any atom is -0.222 e. The molecule has 110 valence electrons. The molecule has 3 aromatic rings. The van der Waals surface area contributed by atoms with Crippen LogP contribution in [-0.2, 0) is 6.42 Å². The van der Waals surface area contributed by atoms with Crippen molar-refractivity contribution in [2.75, 3.05) is 0 Å². The van der Waals surface area contributed by atoms with Crippen molar-refractivity contribution in [3.8, 4) is 0 Å². The largest absolute Gasteiger partial charge is 0.360 e. The third-order valence-corrected chi connectivity index (χ3v) is 2.96. The minimum atomic E-state index is -4.94. The van der Waals surface area contributed by atoms with E-state index < -0.39 is 10.2 Å². The van der Waals surface area contributed by atoms with Gasteiger partial charge in [-0.15, -0.1) is 10.2 Å². The zero-order valence-electron chi connectivity index (χ0n) is 11.2. The molecule has 6 heteroatoms. The Kier molecular flexibility index (Phi) is 4.72. The average Bonchev–Trinajstić information content (AvgIpc) is 2.44. The second kappa shape index (κ2) is 6.34. The van der Waals surface area contributed by atoms with Crippen molar-refractivity contribution in [2.45, 2.75) is 13.3 Å². The van der Waals surface area contributed by atoms with Crippen molar-refractivity contribution in [3.63, 3.8) is 0 Å². The predicted octanol–water partition coefficient (Wildman–Crippen LogP) is -0.327. The highest BCUT2D eigenvalue weighted by Gasteiger charge is 2.11. The molecule has 0 bridgehead atoms. The van der Waals surface area contributed by atoms with E-state index in [1.165, 1.54) is 16.2 Å². The monoisotopic (exact) mass is 308 g/mol. The summed E-state index contributed by atoms with van der Waals surface area (Å²) in [5, 5.41) is 3.70. The van der Waals surface area contributed by atoms with Crippen LogP contribution in [0.5, 0.6) is 0 Å². The lowest BCUT2D eigenvalue weighted by Crippen LogP contribution is -2.68. The topological polar surface area (TPSA) is 104 Å². The zero-order valence-corrected chi connectivity index (χ0v) is 12.0. The second-order valence-corrected chi connectivity index (χ2v) is 5.09. The van der Waals surface area contributed by atoms with Gasteiger partial charge in [0.05, 0.1) is 11.8 Å². The Bertz CT molecular complexity index is 746. The molecule has 0 saturated carbocycles. The maximum Gasteiger partial charge on any atom is 0.360 e. The van der Waals surface area contributed by atoms with E-state index in [0.29, 0.717) is 0 Å². The van der Waals surface area contributed by atoms with Gasteiger partial charge in [0, 0.05) is 12.1 Å². The zero-order chi connectivity index (χ0) is 15.5. The first-order valence-corrected chi connectivity index (χ1v) is 7.47. The summed E-state index contributed by atoms with van der Waals surface area (Å²) >= 11 is 0. The van der Waals surface area contributed by atoms with E-state index in [2.05, 4.69) is 55.5 Å². The molecule has 0 saturated heterocycles. The van der Waals surface area contributed by atoms with Gasteiger partial charge in [0.15, 0.2) is 0 Å². The summed E-state index contributed by atoms with van der Waals surface area (Å²) in [4.78, 5) is 0. The van der Waals surface area contributed by atoms with E-state index in [0.717, 1.165) is 17.8 Å². The number of rotatable bonds is 1. The van der Waals surface area contributed by atoms with E-state index in [9.17, 15) is 0 Å². The average molecular weight is 309 g/mol. The number of fused-ring (bicyclic) bond motifs is 3. The molecule has 0 atom stereocenters. The van der Waals surface area contributed by atoms with Crippen LogP contribution < -0.4 is 18.6 Å². The van der Waals surface area contributed by atoms with E-state index >= 15 is 0 Å². The van der Waals surface area contributed by atoms with E-state index in [1.807, 2.05) is 0 Å². The summed E-state index contributed by atoms with van der Waals surface area (Å²) in [7, 11) is -4.94. The first-order chi connectivity index (χ1) is 9.88. The Hall–Kier alpha value is -1.76. The highest BCUT2D eigenvalue weighted by Crippen LogP contribution is 2.25. The van der Waals surface area contributed by atoms with Crippen molar-refractivity contribution in [3.05, 3.63) is 54.3 Å². The van der Waals surface area contributed by atoms with Crippen LogP contribution >= 0.6 is 0 Å². The van der Waals surface area contributed by atoms with Gasteiger partial charge < -0.3 is 0 Å². The third kappa shape index (κ3) is 4.35. The summed E-state index contributed by atoms with van der Waals surface area (Å²) in [6.45, 7) is 2.10. The SMILES string of the molecule is CCc1ccc2c(ccc3ccccc32)[o+]1.[O-][Cl+3]([O-])([O-])[O-]. The first-order valence-electron chi connectivity index (χ1n) is 6.23. The van der Waals surface area contributed by atoms with Gasteiger partial charge in [-0.1, -0.05) is 31.2 Å². The Morgan fingerprint density at radius 1 is 0.857 bits per heavy atom. The van der Waals surface area contributed by atoms with Crippen LogP contribution in [0.1, 0.15) is 12.7 Å². The van der Waals surface area contributed by atoms with Crippen molar-refractivity contribution in [2.24, 2.45) is 0 Å². The smallest absolute Gasteiger partial charge is 0.222 e. The van der Waals surface area contributed by atoms with Gasteiger partial charge in [-0.2, -0.15) is 0 Å². The van der Waals surface area contributed by atoms with Crippen LogP contribution in [-0.4, -0.2) is 0 Å². The van der Waals surface area contributed by atoms with Crippen LogP contribution in [0, 0.1) is 10.2 Å². The van der Waals surface area contributed by atoms with Crippen LogP contribution in [0.25, 0.3) is 21.7 Å². The Balaban J connectivity index is 0.000000282. The molecule has 0 aliphatic rings. The fraction of sp³-hybridized carbons (Fsp3) is 0.133. The van der Waals surface area contributed by atoms with Crippen molar-refractivity contribution < 1.29 is 33.3 Å². The summed E-state index contributed by atoms with van der Waals surface area (Å²) in [6.07, 6.45) is 0.933. The molecular formula is C15H13ClO5. The summed E-state index contributed by atoms with van der Waals surface area (Å²) in [5.74, 6) is 1.03. The maximum atomic E-state index is 8.49. The molecule has 0 aliphatic heterocycles. The second-order valence-electron chi connectivity index (χ2n) is 4.33. The van der Waals surface area contributed by atoms with E-state index in [1.54, 1.807) is 0 Å². The molecule has 0 amide bonds. The highest BCUT2D eigenvalue weighted by molar-refractivity contribution is 6.05. The Morgan fingerprint density at radius 2 is 1.52 bits per heavy atom. The van der Waals surface area contributed by atoms with E-state index in [-0.39, 0.29) is 0 Å². The lowest BCUT2D eigenvalue weighted by molar-refractivity contribution is -2.00. The summed E-state index contributed by atoms with van der Waals surface area (Å²) in [5.41, 5.74) is 0.970. The van der Waals surface area contributed by atoms with Gasteiger partial charge in [0.1, 0.15) is 0 Å². The standard InChI is InChI=1S/C15H13O.ClHO4/c1-2-12-8-9-14-13-6-4-3-5-11(13)7-10-15(14)16-12;2-1(3,4)5/h3-10H,2H2,1H3;(H,2,3,4,5)/q+1;/p-1. The first kappa shape index (κ1) is 15.6. The van der Waals surface area contributed by atoms with Gasteiger partial charge in [-0.25, -0.2) is 23.1 Å². The number of aryl methyl sites for hydroxylation is 1. The molecule has 0 aliphatic carbocycles. The molecular weight excluding hydrogens is 296 g/mol. The van der Waals surface area contributed by atoms with Gasteiger partial charge in [0.2, 0.25) is 0 Å². The lowest BCUT2D eigenvalue weighted by Gasteiger charge is -2.17. The van der Waals surface area contributed by atoms with Gasteiger partial charge in [0.25, 0.3) is 0 Å². The highest BCUT2D eigenvalue weighted by atomic mass is 35.7. The molecule has 3 rings (SSSR count). The Morgan fingerprint density at radius 3 is 2.19 bits per heavy atom. The summed E-state index contributed by atoms with van der Waals surface area (Å²) in [6, 6.07) is 16.8. The van der Waals surface area contributed by atoms with Gasteiger partial charge in [-0.3, -0.25) is 0 Å². The molecule has 0 fully saturated rings. The number of hydrogen-bond acceptors (Lipinski definition) is 4. The van der Waals surface area contributed by atoms with Crippen LogP contribution in [0.2, 0.25) is 0 Å². The summed E-state index contributed by atoms with van der Waals surface area (Å²) < 4.78 is 39.8. The molecule has 0 unspecified atom stereocenters. The van der Waals surface area contributed by atoms with Crippen LogP contribution in [0.4, 0.5) is 0 Å². The number of benzene rings is 2.